The van der Waals surface area contributed by atoms with E-state index >= 15 is 0 Å². The second kappa shape index (κ2) is 10.1. The molecule has 0 radical (unpaired) electrons. The predicted octanol–water partition coefficient (Wildman–Crippen LogP) is 3.20. The van der Waals surface area contributed by atoms with Crippen LogP contribution in [0.1, 0.15) is 73.5 Å². The molecule has 2 heterocycles. The summed E-state index contributed by atoms with van der Waals surface area (Å²) in [4.78, 5) is 50.0. The first-order valence-corrected chi connectivity index (χ1v) is 13.0. The fourth-order valence-corrected chi connectivity index (χ4v) is 7.25. The highest BCUT2D eigenvalue weighted by Crippen LogP contribution is 2.64. The van der Waals surface area contributed by atoms with Crippen molar-refractivity contribution < 1.29 is 28.0 Å². The monoisotopic (exact) mass is 510 g/mol. The molecule has 3 fully saturated rings. The largest absolute Gasteiger partial charge is 0.459 e. The zero-order valence-electron chi connectivity index (χ0n) is 21.1. The molecule has 4 amide bonds. The van der Waals surface area contributed by atoms with E-state index in [9.17, 15) is 19.2 Å². The lowest BCUT2D eigenvalue weighted by molar-refractivity contribution is -0.128. The van der Waals surface area contributed by atoms with Gasteiger partial charge in [-0.2, -0.15) is 0 Å². The van der Waals surface area contributed by atoms with Crippen LogP contribution in [0.25, 0.3) is 0 Å². The summed E-state index contributed by atoms with van der Waals surface area (Å²) in [5, 5.41) is 0. The van der Waals surface area contributed by atoms with E-state index in [0.717, 1.165) is 38.5 Å². The highest BCUT2D eigenvalue weighted by Gasteiger charge is 2.58. The lowest BCUT2D eigenvalue weighted by atomic mass is 9.65. The SMILES string of the molecule is CC1(C)C2CC(C(=O)NNC(=O)c3ccco3)CCC2C2CCC(C(=O)NNC(=O)c3ccco3)CC21. The summed E-state index contributed by atoms with van der Waals surface area (Å²) in [6.45, 7) is 4.54. The Labute approximate surface area is 215 Å². The number of rotatable bonds is 4. The molecule has 2 aromatic heterocycles. The van der Waals surface area contributed by atoms with Crippen LogP contribution in [0.15, 0.2) is 45.6 Å². The second-order valence-corrected chi connectivity index (χ2v) is 11.2. The van der Waals surface area contributed by atoms with Crippen molar-refractivity contribution in [3.05, 3.63) is 48.3 Å². The molecule has 37 heavy (non-hydrogen) atoms. The number of fused-ring (bicyclic) bond motifs is 3. The predicted molar refractivity (Wildman–Crippen MR) is 131 cm³/mol. The summed E-state index contributed by atoms with van der Waals surface area (Å²) in [5.41, 5.74) is 10.0. The lowest BCUT2D eigenvalue weighted by Crippen LogP contribution is -2.46. The van der Waals surface area contributed by atoms with Crippen molar-refractivity contribution >= 4 is 23.6 Å². The van der Waals surface area contributed by atoms with Gasteiger partial charge in [-0.3, -0.25) is 40.9 Å². The van der Waals surface area contributed by atoms with Crippen molar-refractivity contribution in [2.75, 3.05) is 0 Å². The number of hydrogen-bond acceptors (Lipinski definition) is 6. The number of carbonyl (C=O) groups is 4. The summed E-state index contributed by atoms with van der Waals surface area (Å²) >= 11 is 0. The van der Waals surface area contributed by atoms with Gasteiger partial charge in [0.2, 0.25) is 11.8 Å². The maximum atomic E-state index is 12.9. The Morgan fingerprint density at radius 3 is 1.51 bits per heavy atom. The molecule has 0 saturated heterocycles. The first-order chi connectivity index (χ1) is 17.8. The molecule has 3 aliphatic rings. The average molecular weight is 511 g/mol. The molecule has 0 aliphatic heterocycles. The zero-order valence-corrected chi connectivity index (χ0v) is 21.1. The molecule has 0 spiro atoms. The summed E-state index contributed by atoms with van der Waals surface area (Å²) in [5.74, 6) is 0.431. The van der Waals surface area contributed by atoms with Crippen molar-refractivity contribution in [2.24, 2.45) is 40.9 Å². The van der Waals surface area contributed by atoms with Gasteiger partial charge in [0.05, 0.1) is 12.5 Å². The molecule has 10 nitrogen and oxygen atoms in total. The first kappa shape index (κ1) is 25.1. The van der Waals surface area contributed by atoms with E-state index in [-0.39, 0.29) is 40.6 Å². The fraction of sp³-hybridized carbons (Fsp3) is 0.556. The zero-order chi connectivity index (χ0) is 26.2. The van der Waals surface area contributed by atoms with Crippen molar-refractivity contribution in [1.82, 2.24) is 21.7 Å². The second-order valence-electron chi connectivity index (χ2n) is 11.2. The van der Waals surface area contributed by atoms with Crippen LogP contribution in [-0.2, 0) is 9.59 Å². The maximum Gasteiger partial charge on any atom is 0.305 e. The normalized spacial score (nSPS) is 29.9. The van der Waals surface area contributed by atoms with E-state index in [1.165, 1.54) is 24.7 Å². The van der Waals surface area contributed by atoms with E-state index < -0.39 is 11.8 Å². The summed E-state index contributed by atoms with van der Waals surface area (Å²) < 4.78 is 10.1. The minimum atomic E-state index is -0.482. The van der Waals surface area contributed by atoms with Crippen LogP contribution in [0.5, 0.6) is 0 Å². The molecule has 3 saturated carbocycles. The smallest absolute Gasteiger partial charge is 0.305 e. The van der Waals surface area contributed by atoms with E-state index in [1.807, 2.05) is 0 Å². The molecular weight excluding hydrogens is 476 g/mol. The lowest BCUT2D eigenvalue weighted by Gasteiger charge is -2.40. The quantitative estimate of drug-likeness (QED) is 0.465. The minimum Gasteiger partial charge on any atom is -0.459 e. The number of amides is 4. The minimum absolute atomic E-state index is 0.0257. The molecule has 0 bridgehead atoms. The summed E-state index contributed by atoms with van der Waals surface area (Å²) in [6, 6.07) is 6.31. The van der Waals surface area contributed by atoms with Gasteiger partial charge < -0.3 is 8.83 Å². The van der Waals surface area contributed by atoms with Gasteiger partial charge in [-0.15, -0.1) is 0 Å². The summed E-state index contributed by atoms with van der Waals surface area (Å²) in [7, 11) is 0. The molecule has 198 valence electrons. The molecule has 2 aromatic rings. The number of hydrogen-bond donors (Lipinski definition) is 4. The highest BCUT2D eigenvalue weighted by molar-refractivity contribution is 5.93. The Morgan fingerprint density at radius 2 is 1.14 bits per heavy atom. The molecule has 6 unspecified atom stereocenters. The van der Waals surface area contributed by atoms with Gasteiger partial charge in [-0.05, 0) is 91.9 Å². The van der Waals surface area contributed by atoms with Crippen LogP contribution in [0, 0.1) is 40.9 Å². The Bertz CT molecular complexity index is 1050. The molecule has 0 aromatic carbocycles. The van der Waals surface area contributed by atoms with Gasteiger partial charge in [0.1, 0.15) is 0 Å². The summed E-state index contributed by atoms with van der Waals surface area (Å²) in [6.07, 6.45) is 7.85. The van der Waals surface area contributed by atoms with E-state index in [1.54, 1.807) is 12.1 Å². The van der Waals surface area contributed by atoms with E-state index in [2.05, 4.69) is 35.6 Å². The van der Waals surface area contributed by atoms with Crippen LogP contribution in [0.2, 0.25) is 0 Å². The third kappa shape index (κ3) is 4.89. The van der Waals surface area contributed by atoms with Gasteiger partial charge in [-0.1, -0.05) is 13.8 Å². The van der Waals surface area contributed by atoms with E-state index in [0.29, 0.717) is 23.7 Å². The third-order valence-electron chi connectivity index (χ3n) is 9.10. The first-order valence-electron chi connectivity index (χ1n) is 13.0. The fourth-order valence-electron chi connectivity index (χ4n) is 7.25. The van der Waals surface area contributed by atoms with Crippen LogP contribution in [-0.4, -0.2) is 23.6 Å². The standard InChI is InChI=1S/C27H34N4O6/c1-27(2)19-13-15(23(32)28-30-25(34)21-5-3-11-36-21)7-9-17(19)18-10-8-16(14-20(18)27)24(33)29-31-26(35)22-6-4-12-37-22/h3-6,11-12,15-20H,7-10,13-14H2,1-2H3,(H,28,32)(H,29,33)(H,30,34)(H,31,35). The van der Waals surface area contributed by atoms with Crippen LogP contribution in [0.3, 0.4) is 0 Å². The van der Waals surface area contributed by atoms with Crippen molar-refractivity contribution in [2.45, 2.75) is 52.4 Å². The number of furan rings is 2. The van der Waals surface area contributed by atoms with Crippen molar-refractivity contribution in [3.63, 3.8) is 0 Å². The molecule has 6 atom stereocenters. The Balaban J connectivity index is 1.16. The van der Waals surface area contributed by atoms with Crippen molar-refractivity contribution in [3.8, 4) is 0 Å². The number of carbonyl (C=O) groups excluding carboxylic acids is 4. The number of hydrazine groups is 2. The third-order valence-corrected chi connectivity index (χ3v) is 9.10. The number of nitrogens with one attached hydrogen (secondary N) is 4. The van der Waals surface area contributed by atoms with Gasteiger partial charge in [-0.25, -0.2) is 0 Å². The molecule has 4 N–H and O–H groups in total. The van der Waals surface area contributed by atoms with Gasteiger partial charge in [0.25, 0.3) is 0 Å². The molecule has 5 rings (SSSR count). The highest BCUT2D eigenvalue weighted by atomic mass is 16.3. The molecular formula is C27H34N4O6. The average Bonchev–Trinajstić information content (AvgIpc) is 3.67. The molecule has 3 aliphatic carbocycles. The van der Waals surface area contributed by atoms with Crippen LogP contribution >= 0.6 is 0 Å². The van der Waals surface area contributed by atoms with Gasteiger partial charge >= 0.3 is 11.8 Å². The maximum absolute atomic E-state index is 12.9. The van der Waals surface area contributed by atoms with Crippen LogP contribution < -0.4 is 21.7 Å². The van der Waals surface area contributed by atoms with Gasteiger partial charge in [0, 0.05) is 11.8 Å². The Hall–Kier alpha value is -3.56. The topological polar surface area (TPSA) is 143 Å². The van der Waals surface area contributed by atoms with Crippen molar-refractivity contribution in [1.29, 1.82) is 0 Å². The van der Waals surface area contributed by atoms with Crippen LogP contribution in [0.4, 0.5) is 0 Å². The Morgan fingerprint density at radius 1 is 0.703 bits per heavy atom. The van der Waals surface area contributed by atoms with Gasteiger partial charge in [0.15, 0.2) is 11.5 Å². The Kier molecular flexibility index (Phi) is 6.83. The molecule has 10 heteroatoms. The van der Waals surface area contributed by atoms with E-state index in [4.69, 9.17) is 8.83 Å².